The van der Waals surface area contributed by atoms with Gasteiger partial charge in [-0.2, -0.15) is 0 Å². The summed E-state index contributed by atoms with van der Waals surface area (Å²) < 4.78 is 2.16. The standard InChI is InChI=1S/CH3.3BrH.Hf/h1H3;3*1H;/q;;;;+3/p-3. The first-order chi connectivity index (χ1) is 2.00. The summed E-state index contributed by atoms with van der Waals surface area (Å²) in [6.07, 6.45) is 0. The second kappa shape index (κ2) is 2.58. The minimum absolute atomic E-state index is 1.84. The van der Waals surface area contributed by atoms with Crippen molar-refractivity contribution in [3.8, 4) is 0 Å². The first kappa shape index (κ1) is 7.31. The average molecular weight is 433 g/mol. The van der Waals surface area contributed by atoms with E-state index in [9.17, 15) is 0 Å². The average Bonchev–Trinajstić information content (AvgIpc) is 0.722. The molecule has 0 N–H and O–H groups in total. The van der Waals surface area contributed by atoms with E-state index in [4.69, 9.17) is 0 Å². The molecule has 0 aromatic heterocycles. The van der Waals surface area contributed by atoms with Gasteiger partial charge in [-0.1, -0.05) is 0 Å². The van der Waals surface area contributed by atoms with E-state index in [2.05, 4.69) is 41.6 Å². The van der Waals surface area contributed by atoms with Crippen LogP contribution in [0.4, 0.5) is 0 Å². The van der Waals surface area contributed by atoms with E-state index in [1.165, 1.54) is 0 Å². The minimum atomic E-state index is -1.84. The zero-order valence-electron chi connectivity index (χ0n) is 2.63. The molecule has 0 fully saturated rings. The number of hydrogen-bond donors (Lipinski definition) is 0. The monoisotopic (exact) mass is 432 g/mol. The second-order valence-electron chi connectivity index (χ2n) is 0.781. The van der Waals surface area contributed by atoms with Crippen LogP contribution in [0.5, 0.6) is 0 Å². The van der Waals surface area contributed by atoms with Gasteiger partial charge >= 0.3 is 54.5 Å². The van der Waals surface area contributed by atoms with E-state index < -0.39 is 13.0 Å². The van der Waals surface area contributed by atoms with Gasteiger partial charge in [-0.05, 0) is 0 Å². The van der Waals surface area contributed by atoms with E-state index in [1.54, 1.807) is 0 Å². The molecular weight excluding hydrogens is 430 g/mol. The maximum atomic E-state index is 3.43. The second-order valence-corrected chi connectivity index (χ2v) is 71.5. The summed E-state index contributed by atoms with van der Waals surface area (Å²) in [7, 11) is 0. The fraction of sp³-hybridized carbons (Fsp3) is 1.00. The predicted molar refractivity (Wildman–Crippen MR) is 32.6 cm³/mol. The van der Waals surface area contributed by atoms with Gasteiger partial charge in [0.1, 0.15) is 0 Å². The van der Waals surface area contributed by atoms with Crippen LogP contribution in [0.15, 0.2) is 0 Å². The Morgan fingerprint density at radius 2 is 1.20 bits per heavy atom. The van der Waals surface area contributed by atoms with Crippen LogP contribution < -0.4 is 0 Å². The summed E-state index contributed by atoms with van der Waals surface area (Å²) in [5, 5.41) is 0. The number of rotatable bonds is 0. The third-order valence-electron chi connectivity index (χ3n) is 0. The molecule has 0 bridgehead atoms. The normalized spacial score (nSPS) is 12.0. The van der Waals surface area contributed by atoms with Crippen molar-refractivity contribution in [2.24, 2.45) is 0 Å². The quantitative estimate of drug-likeness (QED) is 0.516. The van der Waals surface area contributed by atoms with E-state index in [1.807, 2.05) is 0 Å². The molecule has 0 heterocycles. The van der Waals surface area contributed by atoms with Crippen LogP contribution >= 0.6 is 36.9 Å². The first-order valence-electron chi connectivity index (χ1n) is 1.07. The molecule has 0 aliphatic carbocycles. The molecule has 0 amide bonds. The molecule has 0 aliphatic rings. The van der Waals surface area contributed by atoms with E-state index in [0.29, 0.717) is 0 Å². The van der Waals surface area contributed by atoms with Crippen LogP contribution in [0.3, 0.4) is 0 Å². The molecule has 0 rings (SSSR count). The molecule has 0 aromatic rings. The zero-order valence-corrected chi connectivity index (χ0v) is 11.0. The van der Waals surface area contributed by atoms with Crippen LogP contribution in [0.2, 0.25) is 4.68 Å². The van der Waals surface area contributed by atoms with Gasteiger partial charge in [0.25, 0.3) is 0 Å². The topological polar surface area (TPSA) is 0 Å². The summed E-state index contributed by atoms with van der Waals surface area (Å²) in [4.78, 5) is 0. The SMILES string of the molecule is [CH3][Hf]([Br])([Br])[Br]. The molecule has 5 heavy (non-hydrogen) atoms. The zero-order chi connectivity index (χ0) is 4.50. The molecule has 0 aliphatic heterocycles. The molecule has 0 saturated carbocycles. The Morgan fingerprint density at radius 3 is 1.20 bits per heavy atom. The number of halogens is 3. The molecule has 0 spiro atoms. The van der Waals surface area contributed by atoms with Crippen molar-refractivity contribution in [3.05, 3.63) is 0 Å². The first-order valence-corrected chi connectivity index (χ1v) is 28.2. The molecule has 0 aromatic carbocycles. The molecule has 0 atom stereocenters. The van der Waals surface area contributed by atoms with Gasteiger partial charge < -0.3 is 0 Å². The Morgan fingerprint density at radius 1 is 1.20 bits per heavy atom. The summed E-state index contributed by atoms with van der Waals surface area (Å²) in [5.41, 5.74) is 0. The van der Waals surface area contributed by atoms with Gasteiger partial charge in [0.15, 0.2) is 0 Å². The third kappa shape index (κ3) is 22.0. The van der Waals surface area contributed by atoms with Crippen molar-refractivity contribution >= 4 is 36.9 Å². The van der Waals surface area contributed by atoms with Crippen molar-refractivity contribution in [2.75, 3.05) is 0 Å². The third-order valence-corrected chi connectivity index (χ3v) is 0. The Labute approximate surface area is 53.5 Å². The molecule has 4 heteroatoms. The Balaban J connectivity index is 3.02. The van der Waals surface area contributed by atoms with Crippen LogP contribution in [0, 0.1) is 0 Å². The summed E-state index contributed by atoms with van der Waals surface area (Å²) in [5.74, 6) is 0. The van der Waals surface area contributed by atoms with Crippen molar-refractivity contribution in [2.45, 2.75) is 4.68 Å². The van der Waals surface area contributed by atoms with Crippen LogP contribution in [-0.4, -0.2) is 0 Å². The Bertz CT molecular complexity index is 22.4. The molecule has 0 unspecified atom stereocenters. The van der Waals surface area contributed by atoms with Gasteiger partial charge in [-0.3, -0.25) is 0 Å². The predicted octanol–water partition coefficient (Wildman–Crippen LogP) is 3.12. The Hall–Kier alpha value is 2.31. The van der Waals surface area contributed by atoms with Gasteiger partial charge in [-0.15, -0.1) is 0 Å². The van der Waals surface area contributed by atoms with Gasteiger partial charge in [0.2, 0.25) is 0 Å². The van der Waals surface area contributed by atoms with E-state index >= 15 is 0 Å². The van der Waals surface area contributed by atoms with Crippen LogP contribution in [0.1, 0.15) is 0 Å². The fourth-order valence-corrected chi connectivity index (χ4v) is 0. The summed E-state index contributed by atoms with van der Waals surface area (Å²) in [6.45, 7) is 0. The van der Waals surface area contributed by atoms with Crippen molar-refractivity contribution in [1.82, 2.24) is 0 Å². The Kier molecular flexibility index (Phi) is 3.77. The van der Waals surface area contributed by atoms with Gasteiger partial charge in [0, 0.05) is 0 Å². The van der Waals surface area contributed by atoms with Crippen LogP contribution in [-0.2, 0) is 13.0 Å². The molecule has 0 radical (unpaired) electrons. The van der Waals surface area contributed by atoms with Crippen molar-refractivity contribution < 1.29 is 13.0 Å². The molecular formula is CH3Br3Hf. The molecule has 32 valence electrons. The molecule has 0 nitrogen and oxygen atoms in total. The van der Waals surface area contributed by atoms with Crippen molar-refractivity contribution in [3.63, 3.8) is 0 Å². The van der Waals surface area contributed by atoms with E-state index in [0.717, 1.165) is 0 Å². The summed E-state index contributed by atoms with van der Waals surface area (Å²) in [6, 6.07) is 0. The van der Waals surface area contributed by atoms with Gasteiger partial charge in [0.05, 0.1) is 0 Å². The fourth-order valence-electron chi connectivity index (χ4n) is 0. The van der Waals surface area contributed by atoms with E-state index in [-0.39, 0.29) is 0 Å². The van der Waals surface area contributed by atoms with Crippen LogP contribution in [0.25, 0.3) is 0 Å². The van der Waals surface area contributed by atoms with Crippen molar-refractivity contribution in [1.29, 1.82) is 0 Å². The molecule has 0 saturated heterocycles. The van der Waals surface area contributed by atoms with Gasteiger partial charge in [-0.25, -0.2) is 0 Å². The maximum absolute atomic E-state index is 3.43. The number of hydrogen-bond acceptors (Lipinski definition) is 0. The summed E-state index contributed by atoms with van der Waals surface area (Å²) >= 11 is 8.45.